The van der Waals surface area contributed by atoms with E-state index in [1.54, 1.807) is 0 Å². The average molecular weight is 366 g/mol. The van der Waals surface area contributed by atoms with Crippen molar-refractivity contribution >= 4 is 11.6 Å². The Kier molecular flexibility index (Phi) is 6.48. The number of aryl methyl sites for hydroxylation is 1. The van der Waals surface area contributed by atoms with Crippen LogP contribution in [0.3, 0.4) is 0 Å². The Morgan fingerprint density at radius 1 is 1.19 bits per heavy atom. The fourth-order valence-electron chi connectivity index (χ4n) is 3.21. The molecule has 6 nitrogen and oxygen atoms in total. The van der Waals surface area contributed by atoms with E-state index >= 15 is 0 Å². The number of nitriles is 1. The molecule has 0 bridgehead atoms. The van der Waals surface area contributed by atoms with Gasteiger partial charge >= 0.3 is 0 Å². The van der Waals surface area contributed by atoms with Gasteiger partial charge in [-0.15, -0.1) is 10.2 Å². The van der Waals surface area contributed by atoms with E-state index in [0.29, 0.717) is 30.4 Å². The van der Waals surface area contributed by atoms with Crippen LogP contribution in [-0.2, 0) is 13.0 Å². The molecule has 0 N–H and O–H groups in total. The first-order chi connectivity index (χ1) is 13.3. The SMILES string of the molecule is CCCOc1ccc(/C=C(/C#N)c2nnc3n2CCCCC3)cc1OCC. The molecular weight excluding hydrogens is 340 g/mol. The Balaban J connectivity index is 1.93. The Labute approximate surface area is 160 Å². The summed E-state index contributed by atoms with van der Waals surface area (Å²) in [5, 5.41) is 18.3. The Bertz CT molecular complexity index is 848. The Morgan fingerprint density at radius 2 is 2.07 bits per heavy atom. The smallest absolute Gasteiger partial charge is 0.174 e. The minimum Gasteiger partial charge on any atom is -0.490 e. The standard InChI is InChI=1S/C21H26N4O2/c1-3-12-27-18-10-9-16(14-19(18)26-4-2)13-17(15-22)21-24-23-20-8-6-5-7-11-25(20)21/h9-10,13-14H,3-8,11-12H2,1-2H3/b17-13-. The van der Waals surface area contributed by atoms with Gasteiger partial charge < -0.3 is 14.0 Å². The maximum Gasteiger partial charge on any atom is 0.174 e. The van der Waals surface area contributed by atoms with E-state index in [4.69, 9.17) is 9.47 Å². The molecule has 0 saturated carbocycles. The van der Waals surface area contributed by atoms with Crippen molar-refractivity contribution in [2.45, 2.75) is 52.5 Å². The third-order valence-corrected chi connectivity index (χ3v) is 4.51. The molecule has 0 radical (unpaired) electrons. The van der Waals surface area contributed by atoms with Crippen LogP contribution < -0.4 is 9.47 Å². The number of fused-ring (bicyclic) bond motifs is 1. The molecule has 2 aromatic rings. The van der Waals surface area contributed by atoms with Crippen LogP contribution >= 0.6 is 0 Å². The van der Waals surface area contributed by atoms with Crippen LogP contribution in [0.2, 0.25) is 0 Å². The van der Waals surface area contributed by atoms with E-state index < -0.39 is 0 Å². The molecule has 1 aromatic heterocycles. The van der Waals surface area contributed by atoms with Crippen LogP contribution in [0.5, 0.6) is 11.5 Å². The number of hydrogen-bond donors (Lipinski definition) is 0. The van der Waals surface area contributed by atoms with Crippen LogP contribution in [0, 0.1) is 11.3 Å². The molecule has 1 aliphatic rings. The molecule has 6 heteroatoms. The first kappa shape index (κ1) is 19.0. The second-order valence-corrected chi connectivity index (χ2v) is 6.56. The topological polar surface area (TPSA) is 73.0 Å². The van der Waals surface area contributed by atoms with Crippen molar-refractivity contribution in [3.8, 4) is 17.6 Å². The molecule has 0 saturated heterocycles. The zero-order chi connectivity index (χ0) is 19.1. The molecule has 1 aliphatic heterocycles. The highest BCUT2D eigenvalue weighted by Crippen LogP contribution is 2.30. The third kappa shape index (κ3) is 4.48. The molecule has 0 aliphatic carbocycles. The van der Waals surface area contributed by atoms with Gasteiger partial charge in [-0.3, -0.25) is 0 Å². The van der Waals surface area contributed by atoms with Gasteiger partial charge in [0.25, 0.3) is 0 Å². The Morgan fingerprint density at radius 3 is 2.85 bits per heavy atom. The number of aromatic nitrogens is 3. The lowest BCUT2D eigenvalue weighted by molar-refractivity contribution is 0.277. The zero-order valence-corrected chi connectivity index (χ0v) is 16.1. The summed E-state index contributed by atoms with van der Waals surface area (Å²) in [4.78, 5) is 0. The molecular formula is C21H26N4O2. The van der Waals surface area contributed by atoms with Crippen molar-refractivity contribution in [2.24, 2.45) is 0 Å². The number of allylic oxidation sites excluding steroid dienone is 1. The van der Waals surface area contributed by atoms with Gasteiger partial charge in [-0.2, -0.15) is 5.26 Å². The molecule has 3 rings (SSSR count). The van der Waals surface area contributed by atoms with E-state index in [1.807, 2.05) is 31.2 Å². The van der Waals surface area contributed by atoms with Gasteiger partial charge in [0.1, 0.15) is 11.9 Å². The van der Waals surface area contributed by atoms with Crippen molar-refractivity contribution in [1.29, 1.82) is 5.26 Å². The number of benzene rings is 1. The monoisotopic (exact) mass is 366 g/mol. The van der Waals surface area contributed by atoms with Crippen molar-refractivity contribution in [3.05, 3.63) is 35.4 Å². The van der Waals surface area contributed by atoms with E-state index in [1.165, 1.54) is 6.42 Å². The second kappa shape index (κ2) is 9.22. The lowest BCUT2D eigenvalue weighted by Gasteiger charge is -2.12. The van der Waals surface area contributed by atoms with Crippen LogP contribution in [0.15, 0.2) is 18.2 Å². The molecule has 0 spiro atoms. The summed E-state index contributed by atoms with van der Waals surface area (Å²) in [6.45, 7) is 6.07. The lowest BCUT2D eigenvalue weighted by Crippen LogP contribution is -2.05. The van der Waals surface area contributed by atoms with Gasteiger partial charge in [0.2, 0.25) is 0 Å². The predicted molar refractivity (Wildman–Crippen MR) is 104 cm³/mol. The van der Waals surface area contributed by atoms with Gasteiger partial charge in [-0.25, -0.2) is 0 Å². The fourth-order valence-corrected chi connectivity index (χ4v) is 3.21. The van der Waals surface area contributed by atoms with Gasteiger partial charge in [0.15, 0.2) is 17.3 Å². The first-order valence-corrected chi connectivity index (χ1v) is 9.70. The van der Waals surface area contributed by atoms with Crippen LogP contribution in [-0.4, -0.2) is 28.0 Å². The fraction of sp³-hybridized carbons (Fsp3) is 0.476. The summed E-state index contributed by atoms with van der Waals surface area (Å²) in [6.07, 6.45) is 7.10. The summed E-state index contributed by atoms with van der Waals surface area (Å²) < 4.78 is 13.6. The van der Waals surface area contributed by atoms with Crippen LogP contribution in [0.4, 0.5) is 0 Å². The summed E-state index contributed by atoms with van der Waals surface area (Å²) in [5.74, 6) is 3.04. The number of hydrogen-bond acceptors (Lipinski definition) is 5. The molecule has 0 atom stereocenters. The van der Waals surface area contributed by atoms with Crippen molar-refractivity contribution in [1.82, 2.24) is 14.8 Å². The number of ether oxygens (including phenoxy) is 2. The normalized spacial score (nSPS) is 14.2. The van der Waals surface area contributed by atoms with Crippen molar-refractivity contribution in [2.75, 3.05) is 13.2 Å². The predicted octanol–water partition coefficient (Wildman–Crippen LogP) is 4.26. The highest BCUT2D eigenvalue weighted by molar-refractivity contribution is 5.87. The van der Waals surface area contributed by atoms with Crippen molar-refractivity contribution < 1.29 is 9.47 Å². The van der Waals surface area contributed by atoms with Gasteiger partial charge in [0.05, 0.1) is 18.8 Å². The van der Waals surface area contributed by atoms with Crippen LogP contribution in [0.25, 0.3) is 11.6 Å². The number of rotatable bonds is 7. The Hall–Kier alpha value is -2.81. The molecule has 0 amide bonds. The van der Waals surface area contributed by atoms with Gasteiger partial charge in [-0.05, 0) is 50.0 Å². The average Bonchev–Trinajstić information content (AvgIpc) is 2.93. The third-order valence-electron chi connectivity index (χ3n) is 4.51. The zero-order valence-electron chi connectivity index (χ0n) is 16.1. The quantitative estimate of drug-likeness (QED) is 0.685. The van der Waals surface area contributed by atoms with Gasteiger partial charge in [-0.1, -0.05) is 19.4 Å². The summed E-state index contributed by atoms with van der Waals surface area (Å²) in [5.41, 5.74) is 1.39. The van der Waals surface area contributed by atoms with E-state index in [-0.39, 0.29) is 0 Å². The highest BCUT2D eigenvalue weighted by atomic mass is 16.5. The summed E-state index contributed by atoms with van der Waals surface area (Å²) in [7, 11) is 0. The molecule has 142 valence electrons. The summed E-state index contributed by atoms with van der Waals surface area (Å²) in [6, 6.07) is 8.03. The lowest BCUT2D eigenvalue weighted by atomic mass is 10.1. The highest BCUT2D eigenvalue weighted by Gasteiger charge is 2.18. The molecule has 0 fully saturated rings. The molecule has 1 aromatic carbocycles. The largest absolute Gasteiger partial charge is 0.490 e. The molecule has 2 heterocycles. The second-order valence-electron chi connectivity index (χ2n) is 6.56. The first-order valence-electron chi connectivity index (χ1n) is 9.70. The maximum atomic E-state index is 9.72. The van der Waals surface area contributed by atoms with Crippen molar-refractivity contribution in [3.63, 3.8) is 0 Å². The van der Waals surface area contributed by atoms with E-state index in [9.17, 15) is 5.26 Å². The van der Waals surface area contributed by atoms with Crippen LogP contribution in [0.1, 0.15) is 56.7 Å². The van der Waals surface area contributed by atoms with E-state index in [2.05, 4.69) is 27.8 Å². The number of nitrogens with zero attached hydrogens (tertiary/aromatic N) is 4. The van der Waals surface area contributed by atoms with Gasteiger partial charge in [0, 0.05) is 13.0 Å². The molecule has 27 heavy (non-hydrogen) atoms. The minimum atomic E-state index is 0.514. The minimum absolute atomic E-state index is 0.514. The summed E-state index contributed by atoms with van der Waals surface area (Å²) >= 11 is 0. The molecule has 0 unspecified atom stereocenters. The maximum absolute atomic E-state index is 9.72. The van der Waals surface area contributed by atoms with E-state index in [0.717, 1.165) is 49.4 Å².